The normalized spacial score (nSPS) is 10.7. The van der Waals surface area contributed by atoms with Crippen LogP contribution >= 0.6 is 0 Å². The third-order valence-corrected chi connectivity index (χ3v) is 5.01. The molecule has 4 rings (SSSR count). The van der Waals surface area contributed by atoms with Crippen LogP contribution in [0.3, 0.4) is 0 Å². The summed E-state index contributed by atoms with van der Waals surface area (Å²) in [7, 11) is 0. The quantitative estimate of drug-likeness (QED) is 0.485. The third kappa shape index (κ3) is 4.10. The van der Waals surface area contributed by atoms with E-state index in [0.29, 0.717) is 11.4 Å². The highest BCUT2D eigenvalue weighted by atomic mass is 16.2. The van der Waals surface area contributed by atoms with Crippen molar-refractivity contribution in [1.82, 2.24) is 4.57 Å². The summed E-state index contributed by atoms with van der Waals surface area (Å²) in [5.74, 6) is -0.279. The summed E-state index contributed by atoms with van der Waals surface area (Å²) in [6.45, 7) is 3.57. The molecule has 150 valence electrons. The molecule has 0 spiro atoms. The van der Waals surface area contributed by atoms with E-state index in [-0.39, 0.29) is 18.4 Å². The average molecular weight is 397 g/mol. The van der Waals surface area contributed by atoms with Gasteiger partial charge in [0.15, 0.2) is 0 Å². The van der Waals surface area contributed by atoms with Crippen molar-refractivity contribution in [2.75, 3.05) is 10.6 Å². The maximum absolute atomic E-state index is 13.0. The van der Waals surface area contributed by atoms with E-state index >= 15 is 0 Å². The average Bonchev–Trinajstić information content (AvgIpc) is 3.09. The smallest absolute Gasteiger partial charge is 0.244 e. The van der Waals surface area contributed by atoms with E-state index in [4.69, 9.17) is 0 Å². The molecule has 2 amide bonds. The van der Waals surface area contributed by atoms with Gasteiger partial charge >= 0.3 is 0 Å². The van der Waals surface area contributed by atoms with Gasteiger partial charge in [0.1, 0.15) is 6.54 Å². The summed E-state index contributed by atoms with van der Waals surface area (Å²) in [5.41, 5.74) is 5.33. The molecule has 2 N–H and O–H groups in total. The lowest BCUT2D eigenvalue weighted by atomic mass is 10.1. The molecule has 5 nitrogen and oxygen atoms in total. The van der Waals surface area contributed by atoms with Gasteiger partial charge in [-0.1, -0.05) is 54.6 Å². The number of nitrogens with one attached hydrogen (secondary N) is 2. The summed E-state index contributed by atoms with van der Waals surface area (Å²) in [6.07, 6.45) is 0. The topological polar surface area (TPSA) is 63.1 Å². The molecule has 0 saturated carbocycles. The largest absolute Gasteiger partial charge is 0.331 e. The van der Waals surface area contributed by atoms with Crippen LogP contribution in [0.25, 0.3) is 22.2 Å². The molecule has 5 heteroatoms. The molecule has 0 saturated heterocycles. The highest BCUT2D eigenvalue weighted by Crippen LogP contribution is 2.28. The number of fused-ring (bicyclic) bond motifs is 1. The Morgan fingerprint density at radius 3 is 2.37 bits per heavy atom. The number of amides is 2. The highest BCUT2D eigenvalue weighted by Gasteiger charge is 2.14. The van der Waals surface area contributed by atoms with Crippen LogP contribution in [0.15, 0.2) is 78.9 Å². The number of rotatable bonds is 5. The lowest BCUT2D eigenvalue weighted by Gasteiger charge is -2.14. The summed E-state index contributed by atoms with van der Waals surface area (Å²) in [4.78, 5) is 24.3. The molecule has 1 heterocycles. The Labute approximate surface area is 175 Å². The molecule has 0 aliphatic rings. The molecule has 0 aliphatic carbocycles. The van der Waals surface area contributed by atoms with Crippen molar-refractivity contribution in [3.63, 3.8) is 0 Å². The Morgan fingerprint density at radius 1 is 0.867 bits per heavy atom. The van der Waals surface area contributed by atoms with E-state index in [1.165, 1.54) is 6.92 Å². The molecule has 0 radical (unpaired) electrons. The lowest BCUT2D eigenvalue weighted by molar-refractivity contribution is -0.116. The predicted octanol–water partition coefficient (Wildman–Crippen LogP) is 5.21. The Kier molecular flexibility index (Phi) is 5.35. The Bertz CT molecular complexity index is 1230. The summed E-state index contributed by atoms with van der Waals surface area (Å²) >= 11 is 0. The van der Waals surface area contributed by atoms with Gasteiger partial charge in [0.25, 0.3) is 0 Å². The second-order valence-electron chi connectivity index (χ2n) is 7.30. The Hall–Kier alpha value is -3.86. The van der Waals surface area contributed by atoms with Crippen molar-refractivity contribution in [2.24, 2.45) is 0 Å². The second-order valence-corrected chi connectivity index (χ2v) is 7.30. The van der Waals surface area contributed by atoms with Gasteiger partial charge in [-0.15, -0.1) is 0 Å². The number of carbonyl (C=O) groups is 2. The van der Waals surface area contributed by atoms with Crippen molar-refractivity contribution in [3.05, 3.63) is 84.4 Å². The van der Waals surface area contributed by atoms with E-state index in [0.717, 1.165) is 27.7 Å². The number of para-hydroxylation sites is 1. The van der Waals surface area contributed by atoms with Crippen LogP contribution < -0.4 is 10.6 Å². The maximum atomic E-state index is 13.0. The predicted molar refractivity (Wildman–Crippen MR) is 121 cm³/mol. The molecule has 3 aromatic carbocycles. The van der Waals surface area contributed by atoms with E-state index in [9.17, 15) is 9.59 Å². The van der Waals surface area contributed by atoms with Crippen LogP contribution in [0.4, 0.5) is 11.4 Å². The minimum absolute atomic E-state index is 0.128. The number of hydrogen-bond donors (Lipinski definition) is 2. The summed E-state index contributed by atoms with van der Waals surface area (Å²) in [6, 6.07) is 25.7. The first kappa shape index (κ1) is 19.5. The Balaban J connectivity index is 1.65. The zero-order valence-electron chi connectivity index (χ0n) is 17.0. The molecular formula is C25H23N3O2. The molecule has 4 aromatic rings. The van der Waals surface area contributed by atoms with Gasteiger partial charge in [-0.05, 0) is 42.3 Å². The number of aryl methyl sites for hydroxylation is 1. The van der Waals surface area contributed by atoms with Crippen LogP contribution in [0.2, 0.25) is 0 Å². The first-order valence-corrected chi connectivity index (χ1v) is 9.83. The molecule has 0 aliphatic heterocycles. The molecule has 0 bridgehead atoms. The van der Waals surface area contributed by atoms with Crippen LogP contribution in [-0.2, 0) is 16.1 Å². The molecule has 0 atom stereocenters. The van der Waals surface area contributed by atoms with Gasteiger partial charge in [-0.3, -0.25) is 9.59 Å². The van der Waals surface area contributed by atoms with Gasteiger partial charge in [0.05, 0.1) is 0 Å². The van der Waals surface area contributed by atoms with E-state index in [1.807, 2.05) is 72.2 Å². The van der Waals surface area contributed by atoms with Crippen molar-refractivity contribution in [3.8, 4) is 11.3 Å². The fourth-order valence-corrected chi connectivity index (χ4v) is 3.60. The standard InChI is InChI=1S/C25H23N3O2/c1-17-12-13-21(26-18(2)29)15-22(17)27-25(30)16-28-23-11-7-6-10-20(23)14-24(28)19-8-4-3-5-9-19/h3-15H,16H2,1-2H3,(H,26,29)(H,27,30). The number of hydrogen-bond acceptors (Lipinski definition) is 2. The van der Waals surface area contributed by atoms with Crippen LogP contribution in [0.1, 0.15) is 12.5 Å². The number of aromatic nitrogens is 1. The van der Waals surface area contributed by atoms with Gasteiger partial charge < -0.3 is 15.2 Å². The van der Waals surface area contributed by atoms with E-state index < -0.39 is 0 Å². The first-order chi connectivity index (χ1) is 14.5. The van der Waals surface area contributed by atoms with Crippen molar-refractivity contribution >= 4 is 34.1 Å². The zero-order chi connectivity index (χ0) is 21.1. The second kappa shape index (κ2) is 8.25. The van der Waals surface area contributed by atoms with E-state index in [2.05, 4.69) is 22.8 Å². The summed E-state index contributed by atoms with van der Waals surface area (Å²) < 4.78 is 2.03. The van der Waals surface area contributed by atoms with Crippen molar-refractivity contribution in [1.29, 1.82) is 0 Å². The minimum Gasteiger partial charge on any atom is -0.331 e. The number of nitrogens with zero attached hydrogens (tertiary/aromatic N) is 1. The molecular weight excluding hydrogens is 374 g/mol. The molecule has 0 unspecified atom stereocenters. The van der Waals surface area contributed by atoms with Crippen LogP contribution in [0, 0.1) is 6.92 Å². The first-order valence-electron chi connectivity index (χ1n) is 9.83. The monoisotopic (exact) mass is 397 g/mol. The lowest BCUT2D eigenvalue weighted by Crippen LogP contribution is -2.20. The molecule has 1 aromatic heterocycles. The van der Waals surface area contributed by atoms with Crippen LogP contribution in [0.5, 0.6) is 0 Å². The number of anilines is 2. The fraction of sp³-hybridized carbons (Fsp3) is 0.120. The van der Waals surface area contributed by atoms with Gasteiger partial charge in [0, 0.05) is 34.9 Å². The van der Waals surface area contributed by atoms with E-state index in [1.54, 1.807) is 6.07 Å². The number of benzene rings is 3. The molecule has 0 fully saturated rings. The zero-order valence-corrected chi connectivity index (χ0v) is 17.0. The van der Waals surface area contributed by atoms with Gasteiger partial charge in [0.2, 0.25) is 11.8 Å². The number of carbonyl (C=O) groups excluding carboxylic acids is 2. The summed E-state index contributed by atoms with van der Waals surface area (Å²) in [5, 5.41) is 6.84. The van der Waals surface area contributed by atoms with Crippen molar-refractivity contribution < 1.29 is 9.59 Å². The molecule has 30 heavy (non-hydrogen) atoms. The highest BCUT2D eigenvalue weighted by molar-refractivity contribution is 5.96. The van der Waals surface area contributed by atoms with Crippen molar-refractivity contribution in [2.45, 2.75) is 20.4 Å². The van der Waals surface area contributed by atoms with Gasteiger partial charge in [-0.25, -0.2) is 0 Å². The minimum atomic E-state index is -0.151. The maximum Gasteiger partial charge on any atom is 0.244 e. The Morgan fingerprint density at radius 2 is 1.60 bits per heavy atom. The fourth-order valence-electron chi connectivity index (χ4n) is 3.60. The third-order valence-electron chi connectivity index (χ3n) is 5.01. The van der Waals surface area contributed by atoms with Gasteiger partial charge in [-0.2, -0.15) is 0 Å². The SMILES string of the molecule is CC(=O)Nc1ccc(C)c(NC(=O)Cn2c(-c3ccccc3)cc3ccccc32)c1. The van der Waals surface area contributed by atoms with Crippen LogP contribution in [-0.4, -0.2) is 16.4 Å².